The summed E-state index contributed by atoms with van der Waals surface area (Å²) in [6.07, 6.45) is 0. The lowest BCUT2D eigenvalue weighted by molar-refractivity contribution is 0.0473. The number of aryl methyl sites for hydroxylation is 1. The smallest absolute Gasteiger partial charge is 0.340 e. The van der Waals surface area contributed by atoms with Gasteiger partial charge in [0.25, 0.3) is 0 Å². The van der Waals surface area contributed by atoms with Crippen LogP contribution in [-0.2, 0) is 11.3 Å². The molecule has 19 heavy (non-hydrogen) atoms. The fraction of sp³-hybridized carbons (Fsp3) is 0.133. The van der Waals surface area contributed by atoms with E-state index < -0.39 is 5.97 Å². The zero-order valence-electron chi connectivity index (χ0n) is 10.5. The lowest BCUT2D eigenvalue weighted by atomic mass is 10.1. The molecule has 0 heterocycles. The number of hydrogen-bond acceptors (Lipinski definition) is 3. The minimum absolute atomic E-state index is 0.131. The molecule has 0 fully saturated rings. The minimum Gasteiger partial charge on any atom is -0.457 e. The van der Waals surface area contributed by atoms with Crippen molar-refractivity contribution in [1.29, 1.82) is 0 Å². The average molecular weight is 276 g/mol. The SMILES string of the molecule is Cc1cccc(N)c1C(=O)OCc1ccccc1Cl. The second-order valence-corrected chi connectivity index (χ2v) is 4.61. The molecule has 0 saturated heterocycles. The van der Waals surface area contributed by atoms with Crippen molar-refractivity contribution in [3.8, 4) is 0 Å². The van der Waals surface area contributed by atoms with Gasteiger partial charge in [-0.2, -0.15) is 0 Å². The Kier molecular flexibility index (Phi) is 4.07. The van der Waals surface area contributed by atoms with E-state index in [4.69, 9.17) is 22.1 Å². The maximum absolute atomic E-state index is 12.0. The van der Waals surface area contributed by atoms with E-state index in [1.54, 1.807) is 18.2 Å². The molecule has 0 atom stereocenters. The molecule has 0 aliphatic carbocycles. The van der Waals surface area contributed by atoms with Crippen LogP contribution in [0.4, 0.5) is 5.69 Å². The highest BCUT2D eigenvalue weighted by Gasteiger charge is 2.14. The molecule has 2 aromatic carbocycles. The van der Waals surface area contributed by atoms with Crippen molar-refractivity contribution in [3.63, 3.8) is 0 Å². The first-order valence-electron chi connectivity index (χ1n) is 5.85. The third kappa shape index (κ3) is 3.06. The zero-order valence-corrected chi connectivity index (χ0v) is 11.3. The zero-order chi connectivity index (χ0) is 13.8. The molecule has 2 aromatic rings. The Balaban J connectivity index is 2.13. The molecule has 0 aliphatic rings. The lowest BCUT2D eigenvalue weighted by Crippen LogP contribution is -2.10. The van der Waals surface area contributed by atoms with Gasteiger partial charge in [-0.15, -0.1) is 0 Å². The number of nitrogens with two attached hydrogens (primary N) is 1. The highest BCUT2D eigenvalue weighted by atomic mass is 35.5. The summed E-state index contributed by atoms with van der Waals surface area (Å²) in [6.45, 7) is 1.95. The monoisotopic (exact) mass is 275 g/mol. The van der Waals surface area contributed by atoms with Gasteiger partial charge in [-0.05, 0) is 24.6 Å². The van der Waals surface area contributed by atoms with Crippen LogP contribution in [0.5, 0.6) is 0 Å². The molecule has 0 saturated carbocycles. The van der Waals surface area contributed by atoms with Gasteiger partial charge < -0.3 is 10.5 Å². The summed E-state index contributed by atoms with van der Waals surface area (Å²) in [5.41, 5.74) is 8.19. The maximum atomic E-state index is 12.0. The summed E-state index contributed by atoms with van der Waals surface area (Å²) in [5, 5.41) is 0.577. The van der Waals surface area contributed by atoms with Gasteiger partial charge in [0, 0.05) is 16.3 Å². The molecule has 0 unspecified atom stereocenters. The molecule has 0 aliphatic heterocycles. The minimum atomic E-state index is -0.435. The molecule has 0 aromatic heterocycles. The standard InChI is InChI=1S/C15H14ClNO2/c1-10-5-4-8-13(17)14(10)15(18)19-9-11-6-2-3-7-12(11)16/h2-8H,9,17H2,1H3. The third-order valence-corrected chi connectivity index (χ3v) is 3.19. The fourth-order valence-electron chi connectivity index (χ4n) is 1.80. The van der Waals surface area contributed by atoms with Crippen molar-refractivity contribution in [2.45, 2.75) is 13.5 Å². The second-order valence-electron chi connectivity index (χ2n) is 4.21. The molecular weight excluding hydrogens is 262 g/mol. The van der Waals surface area contributed by atoms with E-state index in [2.05, 4.69) is 0 Å². The molecule has 0 spiro atoms. The number of hydrogen-bond donors (Lipinski definition) is 1. The Bertz CT molecular complexity index is 591. The van der Waals surface area contributed by atoms with E-state index in [0.717, 1.165) is 11.1 Å². The Morgan fingerprint density at radius 1 is 1.21 bits per heavy atom. The molecule has 0 amide bonds. The molecule has 98 valence electrons. The normalized spacial score (nSPS) is 10.2. The molecule has 2 N–H and O–H groups in total. The number of esters is 1. The van der Waals surface area contributed by atoms with Crippen molar-refractivity contribution in [3.05, 3.63) is 64.2 Å². The van der Waals surface area contributed by atoms with Crippen LogP contribution in [-0.4, -0.2) is 5.97 Å². The first-order chi connectivity index (χ1) is 9.09. The van der Waals surface area contributed by atoms with Gasteiger partial charge in [0.2, 0.25) is 0 Å². The van der Waals surface area contributed by atoms with E-state index in [-0.39, 0.29) is 6.61 Å². The van der Waals surface area contributed by atoms with Crippen molar-refractivity contribution in [2.75, 3.05) is 5.73 Å². The van der Waals surface area contributed by atoms with Crippen molar-refractivity contribution in [1.82, 2.24) is 0 Å². The number of carbonyl (C=O) groups excluding carboxylic acids is 1. The van der Waals surface area contributed by atoms with Gasteiger partial charge in [-0.1, -0.05) is 41.9 Å². The van der Waals surface area contributed by atoms with E-state index in [1.807, 2.05) is 31.2 Å². The molecule has 4 heteroatoms. The number of halogens is 1. The van der Waals surface area contributed by atoms with E-state index in [1.165, 1.54) is 0 Å². The Morgan fingerprint density at radius 2 is 1.95 bits per heavy atom. The number of nitrogen functional groups attached to an aromatic ring is 1. The van der Waals surface area contributed by atoms with Crippen LogP contribution in [0, 0.1) is 6.92 Å². The number of anilines is 1. The first-order valence-corrected chi connectivity index (χ1v) is 6.23. The summed E-state index contributed by atoms with van der Waals surface area (Å²) in [7, 11) is 0. The lowest BCUT2D eigenvalue weighted by Gasteiger charge is -2.10. The third-order valence-electron chi connectivity index (χ3n) is 2.83. The van der Waals surface area contributed by atoms with Crippen molar-refractivity contribution >= 4 is 23.3 Å². The fourth-order valence-corrected chi connectivity index (χ4v) is 1.99. The predicted octanol–water partition coefficient (Wildman–Crippen LogP) is 3.59. The average Bonchev–Trinajstić information content (AvgIpc) is 2.37. The topological polar surface area (TPSA) is 52.3 Å². The molecule has 2 rings (SSSR count). The maximum Gasteiger partial charge on any atom is 0.340 e. The Hall–Kier alpha value is -2.00. The van der Waals surface area contributed by atoms with Crippen LogP contribution < -0.4 is 5.73 Å². The van der Waals surface area contributed by atoms with E-state index >= 15 is 0 Å². The number of carbonyl (C=O) groups is 1. The number of rotatable bonds is 3. The summed E-state index contributed by atoms with van der Waals surface area (Å²) in [4.78, 5) is 12.0. The van der Waals surface area contributed by atoms with Crippen LogP contribution in [0.15, 0.2) is 42.5 Å². The largest absolute Gasteiger partial charge is 0.457 e. The van der Waals surface area contributed by atoms with Crippen LogP contribution in [0.1, 0.15) is 21.5 Å². The Labute approximate surface area is 117 Å². The van der Waals surface area contributed by atoms with Gasteiger partial charge in [0.1, 0.15) is 6.61 Å². The quantitative estimate of drug-likeness (QED) is 0.688. The summed E-state index contributed by atoms with van der Waals surface area (Å²) >= 11 is 6.00. The second kappa shape index (κ2) is 5.76. The summed E-state index contributed by atoms with van der Waals surface area (Å²) in [5.74, 6) is -0.435. The molecule has 3 nitrogen and oxygen atoms in total. The summed E-state index contributed by atoms with van der Waals surface area (Å²) in [6, 6.07) is 12.5. The van der Waals surface area contributed by atoms with Crippen molar-refractivity contribution < 1.29 is 9.53 Å². The predicted molar refractivity (Wildman–Crippen MR) is 76.2 cm³/mol. The number of benzene rings is 2. The van der Waals surface area contributed by atoms with Gasteiger partial charge in [0.15, 0.2) is 0 Å². The van der Waals surface area contributed by atoms with Gasteiger partial charge >= 0.3 is 5.97 Å². The van der Waals surface area contributed by atoms with Gasteiger partial charge in [-0.25, -0.2) is 4.79 Å². The molecular formula is C15H14ClNO2. The highest BCUT2D eigenvalue weighted by Crippen LogP contribution is 2.20. The van der Waals surface area contributed by atoms with Crippen LogP contribution in [0.3, 0.4) is 0 Å². The van der Waals surface area contributed by atoms with Crippen LogP contribution >= 0.6 is 11.6 Å². The van der Waals surface area contributed by atoms with Gasteiger partial charge in [0.05, 0.1) is 5.56 Å². The van der Waals surface area contributed by atoms with E-state index in [0.29, 0.717) is 16.3 Å². The summed E-state index contributed by atoms with van der Waals surface area (Å²) < 4.78 is 5.25. The van der Waals surface area contributed by atoms with Crippen molar-refractivity contribution in [2.24, 2.45) is 0 Å². The van der Waals surface area contributed by atoms with Crippen LogP contribution in [0.2, 0.25) is 5.02 Å². The highest BCUT2D eigenvalue weighted by molar-refractivity contribution is 6.31. The van der Waals surface area contributed by atoms with Gasteiger partial charge in [-0.3, -0.25) is 0 Å². The van der Waals surface area contributed by atoms with E-state index in [9.17, 15) is 4.79 Å². The molecule has 0 bridgehead atoms. The Morgan fingerprint density at radius 3 is 2.63 bits per heavy atom. The molecule has 0 radical (unpaired) electrons. The first kappa shape index (κ1) is 13.4. The number of ether oxygens (including phenoxy) is 1. The van der Waals surface area contributed by atoms with Crippen LogP contribution in [0.25, 0.3) is 0 Å².